The molecule has 0 aliphatic heterocycles. The van der Waals surface area contributed by atoms with Crippen molar-refractivity contribution < 1.29 is 19.4 Å². The van der Waals surface area contributed by atoms with Gasteiger partial charge in [0.1, 0.15) is 5.54 Å². The summed E-state index contributed by atoms with van der Waals surface area (Å²) in [5, 5.41) is 12.0. The van der Waals surface area contributed by atoms with E-state index >= 15 is 0 Å². The van der Waals surface area contributed by atoms with Crippen molar-refractivity contribution in [2.75, 3.05) is 20.2 Å². The molecule has 1 aliphatic rings. The van der Waals surface area contributed by atoms with Gasteiger partial charge in [-0.25, -0.2) is 9.59 Å². The second-order valence-electron chi connectivity index (χ2n) is 5.51. The topological polar surface area (TPSA) is 78.9 Å². The molecule has 2 N–H and O–H groups in total. The zero-order chi connectivity index (χ0) is 14.7. The maximum absolute atomic E-state index is 12.1. The Balaban J connectivity index is 2.62. The summed E-state index contributed by atoms with van der Waals surface area (Å²) < 4.78 is 5.42. The fourth-order valence-electron chi connectivity index (χ4n) is 2.26. The number of likely N-dealkylation sites (N-methyl/N-ethyl adjacent to an activating group) is 1. The van der Waals surface area contributed by atoms with Crippen LogP contribution in [0.1, 0.15) is 40.0 Å². The number of hydrogen-bond acceptors (Lipinski definition) is 3. The van der Waals surface area contributed by atoms with Crippen LogP contribution >= 0.6 is 0 Å². The molecule has 19 heavy (non-hydrogen) atoms. The minimum Gasteiger partial charge on any atom is -0.480 e. The Labute approximate surface area is 114 Å². The summed E-state index contributed by atoms with van der Waals surface area (Å²) in [6.45, 7) is 5.57. The number of rotatable bonds is 6. The van der Waals surface area contributed by atoms with Crippen molar-refractivity contribution in [1.82, 2.24) is 10.2 Å². The molecule has 0 spiro atoms. The summed E-state index contributed by atoms with van der Waals surface area (Å²) in [5.74, 6) is -1.02. The maximum atomic E-state index is 12.1. The van der Waals surface area contributed by atoms with Gasteiger partial charge in [0.05, 0.1) is 5.60 Å². The highest BCUT2D eigenvalue weighted by molar-refractivity contribution is 5.85. The second kappa shape index (κ2) is 5.77. The molecular weight excluding hydrogens is 248 g/mol. The number of ether oxygens (including phenoxy) is 1. The first-order valence-corrected chi connectivity index (χ1v) is 6.63. The van der Waals surface area contributed by atoms with Crippen LogP contribution in [-0.2, 0) is 9.53 Å². The molecule has 0 unspecified atom stereocenters. The third kappa shape index (κ3) is 3.18. The van der Waals surface area contributed by atoms with Crippen molar-refractivity contribution in [1.29, 1.82) is 0 Å². The average Bonchev–Trinajstić information content (AvgIpc) is 2.28. The molecule has 0 radical (unpaired) electrons. The van der Waals surface area contributed by atoms with Gasteiger partial charge in [-0.2, -0.15) is 0 Å². The first-order chi connectivity index (χ1) is 8.79. The number of hydrogen-bond donors (Lipinski definition) is 2. The number of urea groups is 1. The standard InChI is InChI=1S/C13H24N2O4/c1-5-15(12(2,3)10(16)17)11(18)14-9-13(19-4)7-6-8-13/h5-9H2,1-4H3,(H,14,18)(H,16,17). The molecule has 6 nitrogen and oxygen atoms in total. The number of aliphatic carboxylic acids is 1. The summed E-state index contributed by atoms with van der Waals surface area (Å²) in [7, 11) is 1.64. The Morgan fingerprint density at radius 3 is 2.32 bits per heavy atom. The Kier molecular flexibility index (Phi) is 4.79. The van der Waals surface area contributed by atoms with E-state index in [1.54, 1.807) is 14.0 Å². The quantitative estimate of drug-likeness (QED) is 0.767. The molecule has 0 bridgehead atoms. The van der Waals surface area contributed by atoms with E-state index in [4.69, 9.17) is 4.74 Å². The summed E-state index contributed by atoms with van der Waals surface area (Å²) in [5.41, 5.74) is -1.49. The first-order valence-electron chi connectivity index (χ1n) is 6.63. The van der Waals surface area contributed by atoms with Gasteiger partial charge in [-0.05, 0) is 40.0 Å². The maximum Gasteiger partial charge on any atom is 0.329 e. The van der Waals surface area contributed by atoms with Crippen LogP contribution in [0.5, 0.6) is 0 Å². The smallest absolute Gasteiger partial charge is 0.329 e. The fraction of sp³-hybridized carbons (Fsp3) is 0.846. The zero-order valence-electron chi connectivity index (χ0n) is 12.2. The average molecular weight is 272 g/mol. The van der Waals surface area contributed by atoms with Crippen molar-refractivity contribution in [3.8, 4) is 0 Å². The van der Waals surface area contributed by atoms with Gasteiger partial charge in [0.15, 0.2) is 0 Å². The van der Waals surface area contributed by atoms with E-state index in [2.05, 4.69) is 5.32 Å². The molecule has 0 aromatic rings. The van der Waals surface area contributed by atoms with Crippen LogP contribution in [0.15, 0.2) is 0 Å². The zero-order valence-corrected chi connectivity index (χ0v) is 12.2. The number of carboxylic acid groups (broad SMARTS) is 1. The van der Waals surface area contributed by atoms with Crippen LogP contribution in [0.3, 0.4) is 0 Å². The van der Waals surface area contributed by atoms with Crippen molar-refractivity contribution in [3.05, 3.63) is 0 Å². The van der Waals surface area contributed by atoms with Crippen molar-refractivity contribution in [3.63, 3.8) is 0 Å². The Morgan fingerprint density at radius 1 is 1.42 bits per heavy atom. The van der Waals surface area contributed by atoms with Gasteiger partial charge in [-0.15, -0.1) is 0 Å². The number of nitrogens with zero attached hydrogens (tertiary/aromatic N) is 1. The van der Waals surface area contributed by atoms with Gasteiger partial charge in [0.25, 0.3) is 0 Å². The van der Waals surface area contributed by atoms with Crippen LogP contribution < -0.4 is 5.32 Å². The molecule has 0 saturated heterocycles. The molecule has 2 amide bonds. The Morgan fingerprint density at radius 2 is 2.00 bits per heavy atom. The van der Waals surface area contributed by atoms with Crippen LogP contribution in [0.2, 0.25) is 0 Å². The lowest BCUT2D eigenvalue weighted by Gasteiger charge is -2.41. The van der Waals surface area contributed by atoms with Gasteiger partial charge in [-0.1, -0.05) is 0 Å². The summed E-state index contributed by atoms with van der Waals surface area (Å²) in [6.07, 6.45) is 2.96. The lowest BCUT2D eigenvalue weighted by molar-refractivity contribution is -0.147. The van der Waals surface area contributed by atoms with Gasteiger partial charge in [0, 0.05) is 20.2 Å². The summed E-state index contributed by atoms with van der Waals surface area (Å²) >= 11 is 0. The molecule has 0 heterocycles. The van der Waals surface area contributed by atoms with E-state index in [-0.39, 0.29) is 11.6 Å². The SMILES string of the molecule is CCN(C(=O)NCC1(OC)CCC1)C(C)(C)C(=O)O. The van der Waals surface area contributed by atoms with Gasteiger partial charge in [-0.3, -0.25) is 0 Å². The van der Waals surface area contributed by atoms with E-state index < -0.39 is 11.5 Å². The number of carbonyl (C=O) groups excluding carboxylic acids is 1. The van der Waals surface area contributed by atoms with Crippen LogP contribution in [-0.4, -0.2) is 53.3 Å². The summed E-state index contributed by atoms with van der Waals surface area (Å²) in [6, 6.07) is -0.363. The lowest BCUT2D eigenvalue weighted by atomic mass is 9.80. The first kappa shape index (κ1) is 15.8. The van der Waals surface area contributed by atoms with Crippen LogP contribution in [0, 0.1) is 0 Å². The minimum absolute atomic E-state index is 0.261. The Bertz CT molecular complexity index is 345. The molecule has 1 saturated carbocycles. The predicted octanol–water partition coefficient (Wildman–Crippen LogP) is 1.45. The normalized spacial score (nSPS) is 17.5. The highest BCUT2D eigenvalue weighted by atomic mass is 16.5. The summed E-state index contributed by atoms with van der Waals surface area (Å²) in [4.78, 5) is 24.6. The van der Waals surface area contributed by atoms with Gasteiger partial charge < -0.3 is 20.1 Å². The minimum atomic E-state index is -1.22. The molecule has 0 aromatic heterocycles. The van der Waals surface area contributed by atoms with Gasteiger partial charge >= 0.3 is 12.0 Å². The van der Waals surface area contributed by atoms with Crippen molar-refractivity contribution >= 4 is 12.0 Å². The number of carbonyl (C=O) groups is 2. The molecule has 1 fully saturated rings. The third-order valence-corrected chi connectivity index (χ3v) is 4.02. The third-order valence-electron chi connectivity index (χ3n) is 4.02. The second-order valence-corrected chi connectivity index (χ2v) is 5.51. The van der Waals surface area contributed by atoms with E-state index in [1.165, 1.54) is 18.7 Å². The van der Waals surface area contributed by atoms with Crippen molar-refractivity contribution in [2.24, 2.45) is 0 Å². The van der Waals surface area contributed by atoms with Crippen LogP contribution in [0.4, 0.5) is 4.79 Å². The van der Waals surface area contributed by atoms with E-state index in [0.29, 0.717) is 13.1 Å². The molecule has 1 rings (SSSR count). The monoisotopic (exact) mass is 272 g/mol. The van der Waals surface area contributed by atoms with E-state index in [0.717, 1.165) is 19.3 Å². The number of carboxylic acids is 1. The highest BCUT2D eigenvalue weighted by Gasteiger charge is 2.40. The number of amides is 2. The van der Waals surface area contributed by atoms with Crippen molar-refractivity contribution in [2.45, 2.75) is 51.2 Å². The Hall–Kier alpha value is -1.30. The molecule has 0 aromatic carbocycles. The molecule has 1 aliphatic carbocycles. The molecule has 110 valence electrons. The molecular formula is C13H24N2O4. The number of nitrogens with one attached hydrogen (secondary N) is 1. The number of methoxy groups -OCH3 is 1. The highest BCUT2D eigenvalue weighted by Crippen LogP contribution is 2.34. The van der Waals surface area contributed by atoms with Crippen LogP contribution in [0.25, 0.3) is 0 Å². The fourth-order valence-corrected chi connectivity index (χ4v) is 2.26. The van der Waals surface area contributed by atoms with E-state index in [9.17, 15) is 14.7 Å². The van der Waals surface area contributed by atoms with E-state index in [1.807, 2.05) is 0 Å². The lowest BCUT2D eigenvalue weighted by Crippen LogP contribution is -2.58. The largest absolute Gasteiger partial charge is 0.480 e. The molecule has 0 atom stereocenters. The van der Waals surface area contributed by atoms with Gasteiger partial charge in [0.2, 0.25) is 0 Å². The molecule has 6 heteroatoms. The predicted molar refractivity (Wildman–Crippen MR) is 71.1 cm³/mol.